The van der Waals surface area contributed by atoms with Crippen molar-refractivity contribution in [3.8, 4) is 11.5 Å². The Morgan fingerprint density at radius 1 is 1.09 bits per heavy atom. The zero-order chi connectivity index (χ0) is 39.9. The van der Waals surface area contributed by atoms with Crippen molar-refractivity contribution in [2.45, 2.75) is 73.6 Å². The summed E-state index contributed by atoms with van der Waals surface area (Å²) in [4.78, 5) is 59.5. The van der Waals surface area contributed by atoms with Crippen molar-refractivity contribution in [2.75, 3.05) is 33.0 Å². The van der Waals surface area contributed by atoms with E-state index in [2.05, 4.69) is 10.1 Å². The van der Waals surface area contributed by atoms with Crippen molar-refractivity contribution in [1.29, 1.82) is 0 Å². The van der Waals surface area contributed by atoms with E-state index in [1.54, 1.807) is 0 Å². The number of aliphatic hydroxyl groups is 5. The molecule has 5 aliphatic rings. The molecule has 1 aromatic rings. The first-order valence-corrected chi connectivity index (χ1v) is 16.9. The van der Waals surface area contributed by atoms with Crippen molar-refractivity contribution in [3.63, 3.8) is 0 Å². The van der Waals surface area contributed by atoms with Crippen LogP contribution in [0.4, 0.5) is 5.69 Å². The van der Waals surface area contributed by atoms with Crippen molar-refractivity contribution >= 4 is 35.5 Å². The summed E-state index contributed by atoms with van der Waals surface area (Å²) in [5.74, 6) is -8.15. The number of aliphatic hydroxyl groups excluding tert-OH is 4. The molecule has 3 saturated heterocycles. The van der Waals surface area contributed by atoms with Crippen molar-refractivity contribution < 1.29 is 103 Å². The molecule has 300 valence electrons. The molecule has 10 N–H and O–H groups in total. The van der Waals surface area contributed by atoms with Crippen LogP contribution >= 0.6 is 0 Å². The molecule has 1 unspecified atom stereocenters. The van der Waals surface area contributed by atoms with Gasteiger partial charge in [0.1, 0.15) is 79.2 Å². The molecule has 6 rings (SSSR count). The van der Waals surface area contributed by atoms with Crippen LogP contribution in [0.3, 0.4) is 0 Å². The standard InChI is InChI=1S/C33H38N2O20/c36-10-33(49)11-52-32(25(33)40)55-24-23(39)22(38)21(9-51-30(48)14-8-50-29(14)47)54-31(24)53-20-6-13-5-18(28(45)46)35(17(13)7-19(20)37)2-1-12-3-15(26(41)42)34-16(4-12)27(43)44/h1,3,6-7,14,16,18,21-25,31-32,34,36-40,49H,2,4-5,8-11H2,(H,41,42)(H,43,44)(H,45,46)/t14-,16-,18+,21-,22-,23+,24-,25+,31-,32+,33-/m1/s1. The van der Waals surface area contributed by atoms with Gasteiger partial charge in [0, 0.05) is 24.5 Å². The van der Waals surface area contributed by atoms with E-state index in [0.717, 1.165) is 0 Å². The second kappa shape index (κ2) is 15.7. The first-order chi connectivity index (χ1) is 26.0. The smallest absolute Gasteiger partial charge is 0.351 e. The number of phenolic OH excluding ortho intramolecular Hbond substituents is 1. The highest BCUT2D eigenvalue weighted by Gasteiger charge is 2.54. The summed E-state index contributed by atoms with van der Waals surface area (Å²) >= 11 is 0. The molecule has 1 aromatic carbocycles. The van der Waals surface area contributed by atoms with Crippen LogP contribution in [-0.4, -0.2) is 164 Å². The van der Waals surface area contributed by atoms with Crippen molar-refractivity contribution in [3.05, 3.63) is 41.1 Å². The van der Waals surface area contributed by atoms with E-state index in [-0.39, 0.29) is 48.0 Å². The maximum atomic E-state index is 12.3. The number of aliphatic carboxylic acids is 3. The molecule has 0 radical (unpaired) electrons. The number of nitrogens with one attached hydrogen (secondary N) is 2. The molecular formula is C33H38N2O20. The molecule has 12 atom stereocenters. The van der Waals surface area contributed by atoms with E-state index in [9.17, 15) is 69.9 Å². The van der Waals surface area contributed by atoms with E-state index < -0.39 is 122 Å². The van der Waals surface area contributed by atoms with Gasteiger partial charge in [0.2, 0.25) is 6.29 Å². The summed E-state index contributed by atoms with van der Waals surface area (Å²) in [5, 5.41) is 97.3. The average Bonchev–Trinajstić information content (AvgIpc) is 3.64. The van der Waals surface area contributed by atoms with Crippen LogP contribution in [0.2, 0.25) is 0 Å². The molecular weight excluding hydrogens is 744 g/mol. The van der Waals surface area contributed by atoms with Crippen LogP contribution in [0.15, 0.2) is 35.6 Å². The fraction of sp³-hybridized carbons (Fsp3) is 0.545. The number of quaternary nitrogens is 1. The lowest BCUT2D eigenvalue weighted by Gasteiger charge is -2.43. The number of phenols is 1. The SMILES string of the molecule is O=C(O)C1=CC(=CC[NH+]2c3cc(O)c(O[C@@H]4O[C@H](COC(=O)[C@@H]5COC5=O)[C@@H](O)[C@H](O)[C@H]4O[C@@H]4OC[C@](O)(CO)[C@H]4O)cc3C[C@H]2C(=O)[O-])C[C@H](C(=O)O)N1. The molecule has 0 saturated carbocycles. The maximum absolute atomic E-state index is 12.3. The lowest BCUT2D eigenvalue weighted by molar-refractivity contribution is -0.840. The number of hydrogen-bond donors (Lipinski definition) is 10. The summed E-state index contributed by atoms with van der Waals surface area (Å²) in [7, 11) is 0. The molecule has 55 heavy (non-hydrogen) atoms. The fourth-order valence-electron chi connectivity index (χ4n) is 6.73. The Kier molecular flexibility index (Phi) is 11.3. The van der Waals surface area contributed by atoms with Crippen molar-refractivity contribution in [1.82, 2.24) is 5.32 Å². The van der Waals surface area contributed by atoms with E-state index in [0.29, 0.717) is 11.1 Å². The Hall–Kier alpha value is -4.91. The van der Waals surface area contributed by atoms with E-state index in [4.69, 9.17) is 23.7 Å². The van der Waals surface area contributed by atoms with Crippen molar-refractivity contribution in [2.24, 2.45) is 5.92 Å². The Balaban J connectivity index is 1.25. The second-order valence-electron chi connectivity index (χ2n) is 13.6. The summed E-state index contributed by atoms with van der Waals surface area (Å²) in [6.45, 7) is -2.58. The molecule has 22 nitrogen and oxygen atoms in total. The van der Waals surface area contributed by atoms with Gasteiger partial charge in [-0.25, -0.2) is 9.59 Å². The zero-order valence-electron chi connectivity index (χ0n) is 28.5. The average molecular weight is 783 g/mol. The number of hydrogen-bond acceptors (Lipinski definition) is 19. The minimum atomic E-state index is -2.15. The lowest BCUT2D eigenvalue weighted by Crippen LogP contribution is -3.11. The number of rotatable bonds is 13. The van der Waals surface area contributed by atoms with Crippen LogP contribution in [0.1, 0.15) is 12.0 Å². The predicted octanol–water partition coefficient (Wildman–Crippen LogP) is -6.71. The van der Waals surface area contributed by atoms with Crippen LogP contribution < -0.4 is 20.1 Å². The van der Waals surface area contributed by atoms with Gasteiger partial charge in [0.05, 0.1) is 13.2 Å². The quantitative estimate of drug-likeness (QED) is 0.0656. The molecule has 22 heteroatoms. The monoisotopic (exact) mass is 782 g/mol. The third-order valence-electron chi connectivity index (χ3n) is 9.98. The van der Waals surface area contributed by atoms with Gasteiger partial charge in [-0.15, -0.1) is 0 Å². The first-order valence-electron chi connectivity index (χ1n) is 16.9. The Morgan fingerprint density at radius 3 is 2.44 bits per heavy atom. The number of fused-ring (bicyclic) bond motifs is 1. The minimum absolute atomic E-state index is 0.106. The third-order valence-corrected chi connectivity index (χ3v) is 9.98. The van der Waals surface area contributed by atoms with Gasteiger partial charge < -0.3 is 84.5 Å². The molecule has 5 heterocycles. The number of aromatic hydroxyl groups is 1. The Morgan fingerprint density at radius 2 is 1.84 bits per heavy atom. The molecule has 5 aliphatic heterocycles. The van der Waals surface area contributed by atoms with Gasteiger partial charge in [0.25, 0.3) is 0 Å². The number of carbonyl (C=O) groups is 5. The predicted molar refractivity (Wildman–Crippen MR) is 168 cm³/mol. The van der Waals surface area contributed by atoms with Gasteiger partial charge in [-0.3, -0.25) is 14.5 Å². The highest BCUT2D eigenvalue weighted by atomic mass is 16.8. The Labute approximate surface area is 309 Å². The molecule has 0 spiro atoms. The summed E-state index contributed by atoms with van der Waals surface area (Å²) in [5.41, 5.74) is -1.64. The largest absolute Gasteiger partial charge is 0.544 e. The van der Waals surface area contributed by atoms with Gasteiger partial charge in [-0.1, -0.05) is 0 Å². The zero-order valence-corrected chi connectivity index (χ0v) is 28.5. The van der Waals surface area contributed by atoms with Gasteiger partial charge >= 0.3 is 23.9 Å². The minimum Gasteiger partial charge on any atom is -0.544 e. The molecule has 0 amide bonds. The first kappa shape index (κ1) is 39.8. The van der Waals surface area contributed by atoms with Crippen LogP contribution in [0, 0.1) is 5.92 Å². The maximum Gasteiger partial charge on any atom is 0.351 e. The van der Waals surface area contributed by atoms with Crippen LogP contribution in [-0.2, 0) is 54.1 Å². The van der Waals surface area contributed by atoms with E-state index in [1.807, 2.05) is 0 Å². The summed E-state index contributed by atoms with van der Waals surface area (Å²) in [6.07, 6.45) is -10.1. The number of esters is 2. The number of ether oxygens (including phenoxy) is 6. The van der Waals surface area contributed by atoms with Gasteiger partial charge in [-0.2, -0.15) is 0 Å². The van der Waals surface area contributed by atoms with E-state index in [1.165, 1.54) is 24.3 Å². The topological polar surface area (TPSA) is 342 Å². The van der Waals surface area contributed by atoms with Crippen LogP contribution in [0.25, 0.3) is 0 Å². The third kappa shape index (κ3) is 7.94. The lowest BCUT2D eigenvalue weighted by atomic mass is 9.98. The normalized spacial score (nSPS) is 36.2. The van der Waals surface area contributed by atoms with E-state index >= 15 is 0 Å². The number of allylic oxidation sites excluding steroid dienone is 1. The number of cyclic esters (lactones) is 1. The number of carboxylic acids is 3. The highest BCUT2D eigenvalue weighted by Crippen LogP contribution is 2.38. The molecule has 0 aliphatic carbocycles. The number of carboxylic acid groups (broad SMARTS) is 3. The highest BCUT2D eigenvalue weighted by molar-refractivity contribution is 5.98. The summed E-state index contributed by atoms with van der Waals surface area (Å²) < 4.78 is 32.3. The van der Waals surface area contributed by atoms with Gasteiger partial charge in [-0.05, 0) is 23.8 Å². The molecule has 3 fully saturated rings. The number of carbonyl (C=O) groups excluding carboxylic acids is 3. The van der Waals surface area contributed by atoms with Crippen LogP contribution in [0.5, 0.6) is 11.5 Å². The second-order valence-corrected chi connectivity index (χ2v) is 13.6. The summed E-state index contributed by atoms with van der Waals surface area (Å²) in [6, 6.07) is -0.0574. The molecule has 0 bridgehead atoms. The molecule has 0 aromatic heterocycles. The Bertz CT molecular complexity index is 1780. The van der Waals surface area contributed by atoms with Gasteiger partial charge in [0.15, 0.2) is 29.8 Å². The fourth-order valence-corrected chi connectivity index (χ4v) is 6.73. The number of benzene rings is 1.